The standard InChI is InChI=1S/C20H20ClNO3.C7H14N2O2.C2H6/c1-4-6-14-12-25-19(16-11-13(21)9-10-17(16)22-14)15-7-5-8-18(23-2)20(15)24-3;1-3-9-5-6(8)7(10)11-4-2;1-2/h4-11,19,22H,1,12H2,2-3H3;5,9H,3-4,8H2,1-2H3;1-2H3/b14-6-;6-5-;. The fraction of sp³-hybridized carbons (Fsp3) is 0.345. The van der Waals surface area contributed by atoms with Crippen molar-refractivity contribution in [2.75, 3.05) is 39.3 Å². The number of benzene rings is 2. The number of rotatable bonds is 8. The summed E-state index contributed by atoms with van der Waals surface area (Å²) in [5.74, 6) is 0.830. The molecule has 1 atom stereocenters. The molecule has 8 nitrogen and oxygen atoms in total. The highest BCUT2D eigenvalue weighted by molar-refractivity contribution is 6.30. The summed E-state index contributed by atoms with van der Waals surface area (Å²) >= 11 is 6.24. The first-order valence-electron chi connectivity index (χ1n) is 12.5. The molecule has 1 aliphatic rings. The van der Waals surface area contributed by atoms with Crippen molar-refractivity contribution < 1.29 is 23.7 Å². The molecule has 0 aliphatic carbocycles. The largest absolute Gasteiger partial charge is 0.493 e. The van der Waals surface area contributed by atoms with Gasteiger partial charge < -0.3 is 35.3 Å². The molecule has 0 saturated heterocycles. The number of hydrogen-bond donors (Lipinski definition) is 3. The van der Waals surface area contributed by atoms with Crippen LogP contribution in [0.5, 0.6) is 11.5 Å². The molecule has 0 fully saturated rings. The number of allylic oxidation sites excluding steroid dienone is 2. The van der Waals surface area contributed by atoms with Crippen LogP contribution < -0.4 is 25.8 Å². The Morgan fingerprint density at radius 2 is 1.95 bits per heavy atom. The zero-order valence-corrected chi connectivity index (χ0v) is 23.9. The predicted molar refractivity (Wildman–Crippen MR) is 155 cm³/mol. The number of halogens is 1. The van der Waals surface area contributed by atoms with Gasteiger partial charge in [-0.1, -0.05) is 50.2 Å². The van der Waals surface area contributed by atoms with Crippen LogP contribution in [0.15, 0.2) is 72.7 Å². The lowest BCUT2D eigenvalue weighted by Gasteiger charge is -2.21. The Morgan fingerprint density at radius 3 is 2.55 bits per heavy atom. The van der Waals surface area contributed by atoms with Gasteiger partial charge in [-0.15, -0.1) is 0 Å². The van der Waals surface area contributed by atoms with E-state index in [1.165, 1.54) is 6.20 Å². The number of carbonyl (C=O) groups excluding carboxylic acids is 1. The quantitative estimate of drug-likeness (QED) is 0.276. The summed E-state index contributed by atoms with van der Waals surface area (Å²) in [5, 5.41) is 6.83. The summed E-state index contributed by atoms with van der Waals surface area (Å²) < 4.78 is 21.8. The van der Waals surface area contributed by atoms with E-state index in [-0.39, 0.29) is 11.8 Å². The van der Waals surface area contributed by atoms with Crippen molar-refractivity contribution in [3.63, 3.8) is 0 Å². The lowest BCUT2D eigenvalue weighted by atomic mass is 9.98. The minimum absolute atomic E-state index is 0.105. The van der Waals surface area contributed by atoms with Crippen LogP contribution in [0.3, 0.4) is 0 Å². The van der Waals surface area contributed by atoms with Gasteiger partial charge in [0.2, 0.25) is 0 Å². The van der Waals surface area contributed by atoms with Gasteiger partial charge in [-0.05, 0) is 44.2 Å². The van der Waals surface area contributed by atoms with Gasteiger partial charge in [0.25, 0.3) is 0 Å². The molecule has 1 heterocycles. The summed E-state index contributed by atoms with van der Waals surface area (Å²) in [4.78, 5) is 10.8. The Bertz CT molecular complexity index is 1100. The number of hydrogen-bond acceptors (Lipinski definition) is 8. The molecule has 4 N–H and O–H groups in total. The van der Waals surface area contributed by atoms with Crippen LogP contribution in [-0.4, -0.2) is 39.9 Å². The zero-order chi connectivity index (χ0) is 28.5. The first-order chi connectivity index (χ1) is 18.4. The molecule has 0 saturated carbocycles. The van der Waals surface area contributed by atoms with Crippen LogP contribution >= 0.6 is 11.6 Å². The third-order valence-electron chi connectivity index (χ3n) is 5.00. The highest BCUT2D eigenvalue weighted by Gasteiger charge is 2.27. The second-order valence-corrected chi connectivity index (χ2v) is 7.87. The average molecular weight is 546 g/mol. The van der Waals surface area contributed by atoms with E-state index in [2.05, 4.69) is 21.9 Å². The lowest BCUT2D eigenvalue weighted by Crippen LogP contribution is -2.18. The minimum Gasteiger partial charge on any atom is -0.493 e. The molecule has 3 rings (SSSR count). The minimum atomic E-state index is -0.478. The van der Waals surface area contributed by atoms with Crippen molar-refractivity contribution in [3.05, 3.63) is 88.9 Å². The number of anilines is 1. The summed E-state index contributed by atoms with van der Waals surface area (Å²) in [7, 11) is 3.24. The fourth-order valence-corrected chi connectivity index (χ4v) is 3.61. The first-order valence-corrected chi connectivity index (χ1v) is 12.8. The molecule has 0 aromatic heterocycles. The molecule has 0 radical (unpaired) electrons. The third kappa shape index (κ3) is 9.36. The first kappa shape index (κ1) is 32.4. The summed E-state index contributed by atoms with van der Waals surface area (Å²) in [5.41, 5.74) is 9.09. The van der Waals surface area contributed by atoms with Crippen LogP contribution in [0.1, 0.15) is 44.9 Å². The van der Waals surface area contributed by atoms with Crippen molar-refractivity contribution in [1.82, 2.24) is 5.32 Å². The third-order valence-corrected chi connectivity index (χ3v) is 5.24. The fourth-order valence-electron chi connectivity index (χ4n) is 3.43. The number of esters is 1. The van der Waals surface area contributed by atoms with Crippen molar-refractivity contribution in [3.8, 4) is 11.5 Å². The summed E-state index contributed by atoms with van der Waals surface area (Å²) in [6.45, 7) is 12.9. The van der Waals surface area contributed by atoms with E-state index in [9.17, 15) is 4.79 Å². The van der Waals surface area contributed by atoms with E-state index >= 15 is 0 Å². The van der Waals surface area contributed by atoms with Gasteiger partial charge in [-0.25, -0.2) is 4.79 Å². The van der Waals surface area contributed by atoms with Crippen molar-refractivity contribution in [2.24, 2.45) is 5.73 Å². The van der Waals surface area contributed by atoms with Gasteiger partial charge in [-0.3, -0.25) is 0 Å². The van der Waals surface area contributed by atoms with Crippen LogP contribution in [0, 0.1) is 0 Å². The Hall–Kier alpha value is -3.62. The van der Waals surface area contributed by atoms with E-state index in [0.29, 0.717) is 29.7 Å². The molecule has 0 bridgehead atoms. The molecule has 1 aliphatic heterocycles. The summed E-state index contributed by atoms with van der Waals surface area (Å²) in [6.07, 6.45) is 4.72. The molecule has 1 unspecified atom stereocenters. The number of methoxy groups -OCH3 is 2. The molecule has 208 valence electrons. The number of ether oxygens (including phenoxy) is 4. The van der Waals surface area contributed by atoms with E-state index in [1.807, 2.05) is 63.2 Å². The smallest absolute Gasteiger partial charge is 0.355 e. The number of carbonyl (C=O) groups is 1. The number of para-hydroxylation sites is 1. The normalized spacial score (nSPS) is 15.2. The molecule has 38 heavy (non-hydrogen) atoms. The maximum atomic E-state index is 10.8. The summed E-state index contributed by atoms with van der Waals surface area (Å²) in [6, 6.07) is 11.5. The molecule has 0 amide bonds. The van der Waals surface area contributed by atoms with Gasteiger partial charge in [0.05, 0.1) is 27.4 Å². The van der Waals surface area contributed by atoms with Crippen molar-refractivity contribution in [1.29, 1.82) is 0 Å². The Morgan fingerprint density at radius 1 is 1.21 bits per heavy atom. The molecular weight excluding hydrogens is 506 g/mol. The van der Waals surface area contributed by atoms with Crippen LogP contribution in [0.4, 0.5) is 5.69 Å². The predicted octanol–water partition coefficient (Wildman–Crippen LogP) is 5.94. The van der Waals surface area contributed by atoms with Crippen molar-refractivity contribution >= 4 is 23.3 Å². The van der Waals surface area contributed by atoms with Gasteiger partial charge >= 0.3 is 5.97 Å². The van der Waals surface area contributed by atoms with E-state index in [1.54, 1.807) is 27.2 Å². The molecule has 0 spiro atoms. The number of nitrogens with one attached hydrogen (secondary N) is 2. The van der Waals surface area contributed by atoms with E-state index in [0.717, 1.165) is 29.1 Å². The van der Waals surface area contributed by atoms with Crippen LogP contribution in [0.2, 0.25) is 5.02 Å². The topological polar surface area (TPSA) is 104 Å². The Kier molecular flexibility index (Phi) is 15.2. The highest BCUT2D eigenvalue weighted by Crippen LogP contribution is 2.43. The molecule has 2 aromatic carbocycles. The number of fused-ring (bicyclic) bond motifs is 1. The Labute approximate surface area is 231 Å². The number of nitrogens with two attached hydrogens (primary N) is 1. The Balaban J connectivity index is 0.000000470. The maximum absolute atomic E-state index is 10.8. The lowest BCUT2D eigenvalue weighted by molar-refractivity contribution is -0.138. The monoisotopic (exact) mass is 545 g/mol. The molecule has 2 aromatic rings. The average Bonchev–Trinajstić information content (AvgIpc) is 3.11. The second-order valence-electron chi connectivity index (χ2n) is 7.44. The SMILES string of the molecule is C=C/C=C1/COC(c2cccc(OC)c2OC)c2cc(Cl)ccc2N1.CC.CCN/C=C(\N)C(=O)OCC. The van der Waals surface area contributed by atoms with E-state index < -0.39 is 5.97 Å². The van der Waals surface area contributed by atoms with Gasteiger partial charge in [0, 0.05) is 40.3 Å². The van der Waals surface area contributed by atoms with Gasteiger partial charge in [-0.2, -0.15) is 0 Å². The van der Waals surface area contributed by atoms with Gasteiger partial charge in [0.15, 0.2) is 11.5 Å². The van der Waals surface area contributed by atoms with E-state index in [4.69, 9.17) is 31.5 Å². The zero-order valence-electron chi connectivity index (χ0n) is 23.1. The molecule has 9 heteroatoms. The second kappa shape index (κ2) is 17.8. The van der Waals surface area contributed by atoms with Crippen LogP contribution in [0.25, 0.3) is 0 Å². The molecular formula is C29H40ClN3O5. The van der Waals surface area contributed by atoms with Crippen LogP contribution in [-0.2, 0) is 14.3 Å². The van der Waals surface area contributed by atoms with Crippen molar-refractivity contribution in [2.45, 2.75) is 33.8 Å². The maximum Gasteiger partial charge on any atom is 0.355 e. The highest BCUT2D eigenvalue weighted by atomic mass is 35.5. The van der Waals surface area contributed by atoms with Gasteiger partial charge in [0.1, 0.15) is 11.8 Å².